The van der Waals surface area contributed by atoms with Crippen LogP contribution in [0, 0.1) is 5.92 Å². The van der Waals surface area contributed by atoms with Crippen LogP contribution in [0.2, 0.25) is 0 Å². The predicted molar refractivity (Wildman–Crippen MR) is 45.0 cm³/mol. The minimum absolute atomic E-state index is 0.169. The molecule has 0 amide bonds. The summed E-state index contributed by atoms with van der Waals surface area (Å²) in [5, 5.41) is 17.2. The van der Waals surface area contributed by atoms with Crippen LogP contribution in [0.5, 0.6) is 0 Å². The fourth-order valence-corrected chi connectivity index (χ4v) is 1.51. The van der Waals surface area contributed by atoms with Crippen molar-refractivity contribution < 1.29 is 9.84 Å². The number of ether oxygens (including phenoxy) is 1. The van der Waals surface area contributed by atoms with Crippen LogP contribution in [-0.2, 0) is 18.2 Å². The van der Waals surface area contributed by atoms with E-state index < -0.39 is 0 Å². The van der Waals surface area contributed by atoms with Crippen molar-refractivity contribution in [1.82, 2.24) is 14.8 Å². The molecule has 1 N–H and O–H groups in total. The first kappa shape index (κ1) is 8.65. The zero-order valence-corrected chi connectivity index (χ0v) is 7.55. The zero-order valence-electron chi connectivity index (χ0n) is 7.55. The van der Waals surface area contributed by atoms with Gasteiger partial charge in [-0.05, 0) is 0 Å². The van der Waals surface area contributed by atoms with E-state index in [1.165, 1.54) is 0 Å². The molecule has 72 valence electrons. The molecule has 0 saturated carbocycles. The lowest BCUT2D eigenvalue weighted by molar-refractivity contribution is 0.118. The molecule has 1 aromatic rings. The molecule has 1 aliphatic heterocycles. The molecule has 2 atom stereocenters. The number of aliphatic hydroxyl groups excluding tert-OH is 1. The highest BCUT2D eigenvalue weighted by Crippen LogP contribution is 2.17. The SMILES string of the molecule is Cn1cnnc1C[C@@H]1COC[C@H]1O. The van der Waals surface area contributed by atoms with E-state index in [0.717, 1.165) is 12.2 Å². The smallest absolute Gasteiger partial charge is 0.132 e. The Kier molecular flexibility index (Phi) is 2.28. The van der Waals surface area contributed by atoms with E-state index in [2.05, 4.69) is 10.2 Å². The Balaban J connectivity index is 2.01. The Bertz CT molecular complexity index is 287. The van der Waals surface area contributed by atoms with Crippen LogP contribution < -0.4 is 0 Å². The second-order valence-corrected chi connectivity index (χ2v) is 3.43. The van der Waals surface area contributed by atoms with Crippen LogP contribution in [0.3, 0.4) is 0 Å². The van der Waals surface area contributed by atoms with Gasteiger partial charge in [0.1, 0.15) is 12.2 Å². The van der Waals surface area contributed by atoms with Gasteiger partial charge in [0.2, 0.25) is 0 Å². The minimum atomic E-state index is -0.350. The van der Waals surface area contributed by atoms with E-state index in [9.17, 15) is 5.11 Å². The number of nitrogens with zero attached hydrogens (tertiary/aromatic N) is 3. The highest BCUT2D eigenvalue weighted by atomic mass is 16.5. The third kappa shape index (κ3) is 1.71. The van der Waals surface area contributed by atoms with E-state index in [1.54, 1.807) is 6.33 Å². The van der Waals surface area contributed by atoms with E-state index in [4.69, 9.17) is 4.74 Å². The largest absolute Gasteiger partial charge is 0.390 e. The van der Waals surface area contributed by atoms with Gasteiger partial charge in [0.05, 0.1) is 19.3 Å². The molecular formula is C8H13N3O2. The molecule has 2 heterocycles. The summed E-state index contributed by atoms with van der Waals surface area (Å²) in [4.78, 5) is 0. The molecule has 1 aliphatic rings. The van der Waals surface area contributed by atoms with Crippen LogP contribution in [0.1, 0.15) is 5.82 Å². The average molecular weight is 183 g/mol. The van der Waals surface area contributed by atoms with Crippen molar-refractivity contribution in [3.63, 3.8) is 0 Å². The van der Waals surface area contributed by atoms with Gasteiger partial charge in [-0.15, -0.1) is 10.2 Å². The number of aliphatic hydroxyl groups is 1. The quantitative estimate of drug-likeness (QED) is 0.663. The van der Waals surface area contributed by atoms with Crippen molar-refractivity contribution in [2.75, 3.05) is 13.2 Å². The normalized spacial score (nSPS) is 28.2. The average Bonchev–Trinajstić information content (AvgIpc) is 2.65. The highest BCUT2D eigenvalue weighted by Gasteiger charge is 2.27. The lowest BCUT2D eigenvalue weighted by Crippen LogP contribution is -2.21. The van der Waals surface area contributed by atoms with E-state index in [0.29, 0.717) is 13.2 Å². The highest BCUT2D eigenvalue weighted by molar-refractivity contribution is 4.90. The van der Waals surface area contributed by atoms with Gasteiger partial charge in [0.15, 0.2) is 0 Å². The summed E-state index contributed by atoms with van der Waals surface area (Å²) < 4.78 is 7.02. The number of hydrogen-bond acceptors (Lipinski definition) is 4. The second kappa shape index (κ2) is 3.43. The summed E-state index contributed by atoms with van der Waals surface area (Å²) in [6, 6.07) is 0. The van der Waals surface area contributed by atoms with Gasteiger partial charge in [-0.1, -0.05) is 0 Å². The van der Waals surface area contributed by atoms with E-state index in [1.807, 2.05) is 11.6 Å². The van der Waals surface area contributed by atoms with Crippen LogP contribution in [0.15, 0.2) is 6.33 Å². The maximum absolute atomic E-state index is 9.50. The van der Waals surface area contributed by atoms with Gasteiger partial charge < -0.3 is 14.4 Å². The predicted octanol–water partition coefficient (Wildman–Crippen LogP) is -0.635. The molecule has 2 rings (SSSR count). The van der Waals surface area contributed by atoms with Gasteiger partial charge in [0.25, 0.3) is 0 Å². The van der Waals surface area contributed by atoms with Crippen LogP contribution in [0.25, 0.3) is 0 Å². The van der Waals surface area contributed by atoms with Crippen LogP contribution in [-0.4, -0.2) is 39.2 Å². The van der Waals surface area contributed by atoms with Crippen molar-refractivity contribution in [3.05, 3.63) is 12.2 Å². The number of aromatic nitrogens is 3. The lowest BCUT2D eigenvalue weighted by Gasteiger charge is -2.10. The molecule has 1 saturated heterocycles. The molecule has 0 bridgehead atoms. The summed E-state index contributed by atoms with van der Waals surface area (Å²) >= 11 is 0. The summed E-state index contributed by atoms with van der Waals surface area (Å²) in [5.74, 6) is 1.07. The number of hydrogen-bond donors (Lipinski definition) is 1. The molecule has 0 aliphatic carbocycles. The molecule has 0 spiro atoms. The van der Waals surface area contributed by atoms with Crippen molar-refractivity contribution in [2.45, 2.75) is 12.5 Å². The van der Waals surface area contributed by atoms with Crippen molar-refractivity contribution in [3.8, 4) is 0 Å². The van der Waals surface area contributed by atoms with Gasteiger partial charge in [0, 0.05) is 19.4 Å². The summed E-state index contributed by atoms with van der Waals surface area (Å²) in [7, 11) is 1.90. The van der Waals surface area contributed by atoms with Crippen molar-refractivity contribution >= 4 is 0 Å². The first-order valence-corrected chi connectivity index (χ1v) is 4.36. The Morgan fingerprint density at radius 1 is 1.69 bits per heavy atom. The van der Waals surface area contributed by atoms with Gasteiger partial charge in [-0.2, -0.15) is 0 Å². The zero-order chi connectivity index (χ0) is 9.26. The summed E-state index contributed by atoms with van der Waals surface area (Å²) in [6.45, 7) is 1.07. The molecule has 0 unspecified atom stereocenters. The van der Waals surface area contributed by atoms with Crippen LogP contribution >= 0.6 is 0 Å². The molecule has 5 nitrogen and oxygen atoms in total. The lowest BCUT2D eigenvalue weighted by atomic mass is 10.0. The molecule has 0 radical (unpaired) electrons. The minimum Gasteiger partial charge on any atom is -0.390 e. The Morgan fingerprint density at radius 2 is 2.54 bits per heavy atom. The van der Waals surface area contributed by atoms with Gasteiger partial charge in [-0.25, -0.2) is 0 Å². The Labute approximate surface area is 76.3 Å². The third-order valence-corrected chi connectivity index (χ3v) is 2.41. The maximum atomic E-state index is 9.50. The fourth-order valence-electron chi connectivity index (χ4n) is 1.51. The third-order valence-electron chi connectivity index (χ3n) is 2.41. The molecular weight excluding hydrogens is 170 g/mol. The fraction of sp³-hybridized carbons (Fsp3) is 0.750. The van der Waals surface area contributed by atoms with Crippen LogP contribution in [0.4, 0.5) is 0 Å². The molecule has 13 heavy (non-hydrogen) atoms. The van der Waals surface area contributed by atoms with Gasteiger partial charge >= 0.3 is 0 Å². The molecule has 1 aromatic heterocycles. The van der Waals surface area contributed by atoms with Gasteiger partial charge in [-0.3, -0.25) is 0 Å². The summed E-state index contributed by atoms with van der Waals surface area (Å²) in [5.41, 5.74) is 0. The standard InChI is InChI=1S/C8H13N3O2/c1-11-5-9-10-8(11)2-6-3-13-4-7(6)12/h5-7,12H,2-4H2,1H3/t6-,7-/m1/s1. The number of aryl methyl sites for hydroxylation is 1. The van der Waals surface area contributed by atoms with E-state index >= 15 is 0 Å². The topological polar surface area (TPSA) is 60.2 Å². The monoisotopic (exact) mass is 183 g/mol. The van der Waals surface area contributed by atoms with Crippen molar-refractivity contribution in [2.24, 2.45) is 13.0 Å². The molecule has 0 aromatic carbocycles. The summed E-state index contributed by atoms with van der Waals surface area (Å²) in [6.07, 6.45) is 2.05. The first-order valence-electron chi connectivity index (χ1n) is 4.36. The molecule has 1 fully saturated rings. The Hall–Kier alpha value is -0.940. The Morgan fingerprint density at radius 3 is 3.08 bits per heavy atom. The maximum Gasteiger partial charge on any atom is 0.132 e. The first-order chi connectivity index (χ1) is 6.27. The number of rotatable bonds is 2. The molecule has 5 heteroatoms. The second-order valence-electron chi connectivity index (χ2n) is 3.43. The van der Waals surface area contributed by atoms with E-state index in [-0.39, 0.29) is 12.0 Å². The van der Waals surface area contributed by atoms with Crippen molar-refractivity contribution in [1.29, 1.82) is 0 Å².